The summed E-state index contributed by atoms with van der Waals surface area (Å²) in [7, 11) is 3.62. The molecular weight excluding hydrogens is 341 g/mol. The number of hydrogen-bond donors (Lipinski definition) is 0. The fourth-order valence-corrected chi connectivity index (χ4v) is 3.89. The molecule has 1 saturated heterocycles. The maximum Gasteiger partial charge on any atom is 0.226 e. The van der Waals surface area contributed by atoms with Gasteiger partial charge in [0, 0.05) is 51.3 Å². The van der Waals surface area contributed by atoms with Crippen LogP contribution in [0, 0.1) is 6.92 Å². The predicted molar refractivity (Wildman–Crippen MR) is 95.1 cm³/mol. The van der Waals surface area contributed by atoms with Crippen LogP contribution in [0.3, 0.4) is 0 Å². The lowest BCUT2D eigenvalue weighted by Crippen LogP contribution is -2.41. The lowest BCUT2D eigenvalue weighted by molar-refractivity contribution is -0.129. The summed E-state index contributed by atoms with van der Waals surface area (Å²) in [5.41, 5.74) is 1.87. The standard InChI is InChI=1S/C17H24FN5OS/c1-12-20-15(11-25-12)9-23-8-14(18)5-16(23)10-21(2)17(24)4-13-6-19-22(3)7-13/h6-7,11,14,16H,4-5,8-10H2,1-3H3/t14-,16-/m0/s1. The van der Waals surface area contributed by atoms with Gasteiger partial charge in [-0.1, -0.05) is 0 Å². The van der Waals surface area contributed by atoms with E-state index in [4.69, 9.17) is 0 Å². The number of halogens is 1. The number of aryl methyl sites for hydroxylation is 2. The first-order chi connectivity index (χ1) is 11.9. The molecule has 0 saturated carbocycles. The molecule has 0 radical (unpaired) electrons. The third kappa shape index (κ3) is 4.64. The van der Waals surface area contributed by atoms with Gasteiger partial charge in [-0.2, -0.15) is 5.10 Å². The fourth-order valence-electron chi connectivity index (χ4n) is 3.29. The first-order valence-electron chi connectivity index (χ1n) is 8.41. The molecular formula is C17H24FN5OS. The summed E-state index contributed by atoms with van der Waals surface area (Å²) in [6.45, 7) is 3.55. The van der Waals surface area contributed by atoms with Crippen LogP contribution in [0.25, 0.3) is 0 Å². The molecule has 136 valence electrons. The van der Waals surface area contributed by atoms with Crippen LogP contribution in [-0.4, -0.2) is 62.8 Å². The second kappa shape index (κ2) is 7.61. The minimum atomic E-state index is -0.841. The number of amides is 1. The van der Waals surface area contributed by atoms with E-state index in [1.165, 1.54) is 0 Å². The number of hydrogen-bond acceptors (Lipinski definition) is 5. The minimum absolute atomic E-state index is 0.0276. The maximum atomic E-state index is 14.0. The van der Waals surface area contributed by atoms with E-state index in [9.17, 15) is 9.18 Å². The van der Waals surface area contributed by atoms with Crippen LogP contribution in [0.15, 0.2) is 17.8 Å². The van der Waals surface area contributed by atoms with Crippen molar-refractivity contribution < 1.29 is 9.18 Å². The molecule has 2 aromatic rings. The Balaban J connectivity index is 1.58. The minimum Gasteiger partial charge on any atom is -0.344 e. The van der Waals surface area contributed by atoms with Crippen LogP contribution in [-0.2, 0) is 24.8 Å². The van der Waals surface area contributed by atoms with Crippen LogP contribution in [0.5, 0.6) is 0 Å². The normalized spacial score (nSPS) is 21.0. The van der Waals surface area contributed by atoms with Crippen molar-refractivity contribution in [2.45, 2.75) is 38.5 Å². The number of likely N-dealkylation sites (N-methyl/N-ethyl adjacent to an activating group) is 1. The Kier molecular flexibility index (Phi) is 5.48. The van der Waals surface area contributed by atoms with E-state index in [-0.39, 0.29) is 11.9 Å². The Morgan fingerprint density at radius 2 is 2.32 bits per heavy atom. The van der Waals surface area contributed by atoms with Crippen LogP contribution < -0.4 is 0 Å². The third-order valence-corrected chi connectivity index (χ3v) is 5.35. The Hall–Kier alpha value is -1.80. The molecule has 3 heterocycles. The molecule has 8 heteroatoms. The average molecular weight is 365 g/mol. The number of likely N-dealkylation sites (tertiary alicyclic amines) is 1. The summed E-state index contributed by atoms with van der Waals surface area (Å²) in [4.78, 5) is 20.7. The lowest BCUT2D eigenvalue weighted by Gasteiger charge is -2.28. The van der Waals surface area contributed by atoms with Gasteiger partial charge in [0.2, 0.25) is 5.91 Å². The first-order valence-corrected chi connectivity index (χ1v) is 9.29. The zero-order valence-electron chi connectivity index (χ0n) is 14.9. The summed E-state index contributed by atoms with van der Waals surface area (Å²) < 4.78 is 15.6. The molecule has 0 bridgehead atoms. The Morgan fingerprint density at radius 1 is 1.52 bits per heavy atom. The number of alkyl halides is 1. The quantitative estimate of drug-likeness (QED) is 0.783. The number of carbonyl (C=O) groups is 1. The van der Waals surface area contributed by atoms with Crippen molar-refractivity contribution in [2.75, 3.05) is 20.1 Å². The van der Waals surface area contributed by atoms with Crippen molar-refractivity contribution in [3.8, 4) is 0 Å². The second-order valence-electron chi connectivity index (χ2n) is 6.75. The lowest BCUT2D eigenvalue weighted by atomic mass is 10.1. The molecule has 1 fully saturated rings. The molecule has 0 N–H and O–H groups in total. The van der Waals surface area contributed by atoms with Gasteiger partial charge >= 0.3 is 0 Å². The Labute approximate surface area is 151 Å². The highest BCUT2D eigenvalue weighted by Gasteiger charge is 2.33. The van der Waals surface area contributed by atoms with Gasteiger partial charge < -0.3 is 4.90 Å². The summed E-state index contributed by atoms with van der Waals surface area (Å²) in [6.07, 6.45) is 3.49. The molecule has 0 aliphatic carbocycles. The number of rotatable bonds is 6. The zero-order chi connectivity index (χ0) is 18.0. The van der Waals surface area contributed by atoms with Crippen LogP contribution in [0.1, 0.15) is 22.7 Å². The van der Waals surface area contributed by atoms with Crippen molar-refractivity contribution in [1.29, 1.82) is 0 Å². The maximum absolute atomic E-state index is 14.0. The second-order valence-corrected chi connectivity index (χ2v) is 7.81. The van der Waals surface area contributed by atoms with Gasteiger partial charge in [-0.25, -0.2) is 9.37 Å². The van der Waals surface area contributed by atoms with Crippen LogP contribution >= 0.6 is 11.3 Å². The monoisotopic (exact) mass is 365 g/mol. The van der Waals surface area contributed by atoms with Crippen LogP contribution in [0.2, 0.25) is 0 Å². The van der Waals surface area contributed by atoms with Crippen LogP contribution in [0.4, 0.5) is 4.39 Å². The molecule has 0 unspecified atom stereocenters. The fraction of sp³-hybridized carbons (Fsp3) is 0.588. The van der Waals surface area contributed by atoms with Crippen molar-refractivity contribution >= 4 is 17.2 Å². The topological polar surface area (TPSA) is 54.3 Å². The Morgan fingerprint density at radius 3 is 2.96 bits per heavy atom. The SMILES string of the molecule is Cc1nc(CN2C[C@@H](F)C[C@H]2CN(C)C(=O)Cc2cnn(C)c2)cs1. The van der Waals surface area contributed by atoms with Crippen molar-refractivity contribution in [3.05, 3.63) is 34.0 Å². The molecule has 0 spiro atoms. The molecule has 25 heavy (non-hydrogen) atoms. The molecule has 1 aliphatic heterocycles. The van der Waals surface area contributed by atoms with E-state index in [2.05, 4.69) is 15.0 Å². The summed E-state index contributed by atoms with van der Waals surface area (Å²) in [5.74, 6) is 0.0276. The molecule has 1 amide bonds. The predicted octanol–water partition coefficient (Wildman–Crippen LogP) is 1.80. The highest BCUT2D eigenvalue weighted by Crippen LogP contribution is 2.24. The van der Waals surface area contributed by atoms with Crippen molar-refractivity contribution in [3.63, 3.8) is 0 Å². The van der Waals surface area contributed by atoms with Crippen molar-refractivity contribution in [2.24, 2.45) is 7.05 Å². The summed E-state index contributed by atoms with van der Waals surface area (Å²) in [6, 6.07) is 0.0276. The molecule has 2 atom stereocenters. The summed E-state index contributed by atoms with van der Waals surface area (Å²) in [5, 5.41) is 7.13. The molecule has 6 nitrogen and oxygen atoms in total. The molecule has 3 rings (SSSR count). The largest absolute Gasteiger partial charge is 0.344 e. The summed E-state index contributed by atoms with van der Waals surface area (Å²) >= 11 is 1.61. The van der Waals surface area contributed by atoms with Gasteiger partial charge in [-0.05, 0) is 18.9 Å². The van der Waals surface area contributed by atoms with Gasteiger partial charge in [0.15, 0.2) is 0 Å². The van der Waals surface area contributed by atoms with E-state index in [0.717, 1.165) is 16.3 Å². The Bertz CT molecular complexity index is 730. The van der Waals surface area contributed by atoms with E-state index >= 15 is 0 Å². The highest BCUT2D eigenvalue weighted by atomic mass is 32.1. The number of carbonyl (C=O) groups excluding carboxylic acids is 1. The van der Waals surface area contributed by atoms with E-state index in [1.54, 1.807) is 34.2 Å². The van der Waals surface area contributed by atoms with Gasteiger partial charge in [-0.3, -0.25) is 14.4 Å². The smallest absolute Gasteiger partial charge is 0.226 e. The average Bonchev–Trinajstić information content (AvgIpc) is 3.22. The zero-order valence-corrected chi connectivity index (χ0v) is 15.7. The van der Waals surface area contributed by atoms with E-state index < -0.39 is 6.17 Å². The molecule has 0 aromatic carbocycles. The van der Waals surface area contributed by atoms with Gasteiger partial charge in [0.25, 0.3) is 0 Å². The molecule has 2 aromatic heterocycles. The van der Waals surface area contributed by atoms with E-state index in [1.807, 2.05) is 25.5 Å². The highest BCUT2D eigenvalue weighted by molar-refractivity contribution is 7.09. The van der Waals surface area contributed by atoms with Gasteiger partial charge in [-0.15, -0.1) is 11.3 Å². The third-order valence-electron chi connectivity index (χ3n) is 4.53. The number of nitrogens with zero attached hydrogens (tertiary/aromatic N) is 5. The first kappa shape index (κ1) is 18.0. The van der Waals surface area contributed by atoms with Gasteiger partial charge in [0.1, 0.15) is 6.17 Å². The van der Waals surface area contributed by atoms with E-state index in [0.29, 0.717) is 32.5 Å². The van der Waals surface area contributed by atoms with Crippen molar-refractivity contribution in [1.82, 2.24) is 24.6 Å². The van der Waals surface area contributed by atoms with Gasteiger partial charge in [0.05, 0.1) is 23.3 Å². The molecule has 1 aliphatic rings. The number of thiazole rings is 1. The number of aromatic nitrogens is 3.